The van der Waals surface area contributed by atoms with E-state index < -0.39 is 0 Å². The van der Waals surface area contributed by atoms with Crippen molar-refractivity contribution in [3.8, 4) is 0 Å². The van der Waals surface area contributed by atoms with Crippen LogP contribution in [0.1, 0.15) is 25.5 Å². The average molecular weight is 192 g/mol. The first-order chi connectivity index (χ1) is 6.79. The first-order valence-corrected chi connectivity index (χ1v) is 4.77. The summed E-state index contributed by atoms with van der Waals surface area (Å²) < 4.78 is 5.46. The number of hydrogen-bond acceptors (Lipinski definition) is 3. The summed E-state index contributed by atoms with van der Waals surface area (Å²) in [5.41, 5.74) is 0.157. The second-order valence-electron chi connectivity index (χ2n) is 3.29. The molecule has 4 nitrogen and oxygen atoms in total. The van der Waals surface area contributed by atoms with Crippen LogP contribution in [0.2, 0.25) is 0 Å². The first kappa shape index (κ1) is 8.99. The highest BCUT2D eigenvalue weighted by atomic mass is 16.3. The van der Waals surface area contributed by atoms with Crippen LogP contribution in [0.25, 0.3) is 11.1 Å². The Labute approximate surface area is 81.0 Å². The number of nitrogens with zero attached hydrogens (tertiary/aromatic N) is 1. The van der Waals surface area contributed by atoms with Crippen molar-refractivity contribution in [1.29, 1.82) is 0 Å². The molecule has 0 aliphatic rings. The zero-order chi connectivity index (χ0) is 9.97. The molecular weight excluding hydrogens is 180 g/mol. The highest BCUT2D eigenvalue weighted by Gasteiger charge is 2.03. The fraction of sp³-hybridized carbons (Fsp3) is 0.400. The van der Waals surface area contributed by atoms with Crippen molar-refractivity contribution >= 4 is 11.1 Å². The molecule has 0 atom stereocenters. The van der Waals surface area contributed by atoms with Gasteiger partial charge in [0, 0.05) is 12.6 Å². The predicted molar refractivity (Wildman–Crippen MR) is 53.2 cm³/mol. The van der Waals surface area contributed by atoms with E-state index in [2.05, 4.69) is 16.9 Å². The van der Waals surface area contributed by atoms with Gasteiger partial charge in [-0.3, -0.25) is 4.98 Å². The van der Waals surface area contributed by atoms with Crippen LogP contribution >= 0.6 is 0 Å². The van der Waals surface area contributed by atoms with E-state index in [-0.39, 0.29) is 5.69 Å². The number of hydrogen-bond donors (Lipinski definition) is 1. The fourth-order valence-electron chi connectivity index (χ4n) is 1.38. The van der Waals surface area contributed by atoms with E-state index in [1.807, 2.05) is 6.07 Å². The molecular formula is C10H12N2O2. The lowest BCUT2D eigenvalue weighted by atomic mass is 10.2. The molecule has 0 spiro atoms. The van der Waals surface area contributed by atoms with E-state index in [0.717, 1.165) is 30.4 Å². The largest absolute Gasteiger partial charge is 0.445 e. The summed E-state index contributed by atoms with van der Waals surface area (Å²) in [6.07, 6.45) is 4.67. The summed E-state index contributed by atoms with van der Waals surface area (Å²) in [4.78, 5) is 17.1. The standard InChI is InChI=1S/C10H12N2O2/c1-2-3-4-8-5-7-6-11-10(13)12-9(7)14-8/h5-6H,2-4H2,1H3,(H,11,12,13). The smallest absolute Gasteiger partial charge is 0.347 e. The number of aromatic amines is 1. The van der Waals surface area contributed by atoms with Gasteiger partial charge in [-0.15, -0.1) is 0 Å². The van der Waals surface area contributed by atoms with Crippen LogP contribution in [0.4, 0.5) is 0 Å². The molecule has 14 heavy (non-hydrogen) atoms. The zero-order valence-electron chi connectivity index (χ0n) is 8.04. The van der Waals surface area contributed by atoms with Crippen LogP contribution in [0.5, 0.6) is 0 Å². The quantitative estimate of drug-likeness (QED) is 0.807. The van der Waals surface area contributed by atoms with Gasteiger partial charge < -0.3 is 4.42 Å². The number of furan rings is 1. The summed E-state index contributed by atoms with van der Waals surface area (Å²) in [5, 5.41) is 0.857. The third kappa shape index (κ3) is 1.69. The number of rotatable bonds is 3. The Morgan fingerprint density at radius 2 is 2.43 bits per heavy atom. The van der Waals surface area contributed by atoms with E-state index in [1.165, 1.54) is 6.20 Å². The Kier molecular flexibility index (Phi) is 2.35. The third-order valence-corrected chi connectivity index (χ3v) is 2.13. The molecule has 2 aromatic heterocycles. The molecule has 0 aromatic carbocycles. The summed E-state index contributed by atoms with van der Waals surface area (Å²) in [5.74, 6) is 0.908. The Bertz CT molecular complexity index is 484. The maximum absolute atomic E-state index is 10.9. The number of nitrogens with one attached hydrogen (secondary N) is 1. The Morgan fingerprint density at radius 3 is 3.21 bits per heavy atom. The molecule has 2 rings (SSSR count). The molecule has 0 fully saturated rings. The minimum atomic E-state index is -0.367. The lowest BCUT2D eigenvalue weighted by Crippen LogP contribution is -2.07. The van der Waals surface area contributed by atoms with Crippen molar-refractivity contribution in [2.24, 2.45) is 0 Å². The molecule has 2 aromatic rings. The van der Waals surface area contributed by atoms with Crippen LogP contribution < -0.4 is 5.69 Å². The summed E-state index contributed by atoms with van der Waals surface area (Å²) in [6.45, 7) is 2.13. The lowest BCUT2D eigenvalue weighted by Gasteiger charge is -1.90. The van der Waals surface area contributed by atoms with E-state index in [4.69, 9.17) is 4.42 Å². The van der Waals surface area contributed by atoms with Gasteiger partial charge in [-0.25, -0.2) is 9.78 Å². The van der Waals surface area contributed by atoms with E-state index in [9.17, 15) is 4.79 Å². The second-order valence-corrected chi connectivity index (χ2v) is 3.29. The maximum atomic E-state index is 10.9. The fourth-order valence-corrected chi connectivity index (χ4v) is 1.38. The lowest BCUT2D eigenvalue weighted by molar-refractivity contribution is 0.527. The molecule has 1 N–H and O–H groups in total. The van der Waals surface area contributed by atoms with Gasteiger partial charge in [0.05, 0.1) is 5.39 Å². The van der Waals surface area contributed by atoms with Gasteiger partial charge in [0.1, 0.15) is 5.76 Å². The van der Waals surface area contributed by atoms with E-state index in [1.54, 1.807) is 0 Å². The normalized spacial score (nSPS) is 10.9. The van der Waals surface area contributed by atoms with Gasteiger partial charge in [0.2, 0.25) is 5.71 Å². The van der Waals surface area contributed by atoms with Gasteiger partial charge in [0.25, 0.3) is 0 Å². The highest BCUT2D eigenvalue weighted by Crippen LogP contribution is 2.16. The van der Waals surface area contributed by atoms with Gasteiger partial charge in [-0.05, 0) is 12.5 Å². The molecule has 0 saturated carbocycles. The van der Waals surface area contributed by atoms with Gasteiger partial charge in [0.15, 0.2) is 0 Å². The molecule has 0 saturated heterocycles. The summed E-state index contributed by atoms with van der Waals surface area (Å²) in [6, 6.07) is 1.92. The van der Waals surface area contributed by atoms with Crippen molar-refractivity contribution in [2.75, 3.05) is 0 Å². The summed E-state index contributed by atoms with van der Waals surface area (Å²) >= 11 is 0. The topological polar surface area (TPSA) is 58.9 Å². The highest BCUT2D eigenvalue weighted by molar-refractivity contribution is 5.72. The number of unbranched alkanes of at least 4 members (excludes halogenated alkanes) is 1. The molecule has 0 radical (unpaired) electrons. The van der Waals surface area contributed by atoms with Crippen LogP contribution in [0.15, 0.2) is 21.5 Å². The third-order valence-electron chi connectivity index (χ3n) is 2.13. The Hall–Kier alpha value is -1.58. The monoisotopic (exact) mass is 192 g/mol. The number of aromatic nitrogens is 2. The van der Waals surface area contributed by atoms with E-state index in [0.29, 0.717) is 5.71 Å². The molecule has 0 aliphatic carbocycles. The van der Waals surface area contributed by atoms with Crippen molar-refractivity contribution in [3.63, 3.8) is 0 Å². The first-order valence-electron chi connectivity index (χ1n) is 4.77. The molecule has 0 aliphatic heterocycles. The Balaban J connectivity index is 2.36. The maximum Gasteiger partial charge on any atom is 0.347 e. The minimum Gasteiger partial charge on any atom is -0.445 e. The number of fused-ring (bicyclic) bond motifs is 1. The molecule has 4 heteroatoms. The van der Waals surface area contributed by atoms with Crippen LogP contribution in [0, 0.1) is 0 Å². The zero-order valence-corrected chi connectivity index (χ0v) is 8.04. The molecule has 2 heterocycles. The number of H-pyrrole nitrogens is 1. The summed E-state index contributed by atoms with van der Waals surface area (Å²) in [7, 11) is 0. The number of aryl methyl sites for hydroxylation is 1. The molecule has 74 valence electrons. The van der Waals surface area contributed by atoms with Crippen LogP contribution in [-0.4, -0.2) is 9.97 Å². The van der Waals surface area contributed by atoms with Crippen molar-refractivity contribution in [2.45, 2.75) is 26.2 Å². The Morgan fingerprint density at radius 1 is 1.57 bits per heavy atom. The minimum absolute atomic E-state index is 0.367. The van der Waals surface area contributed by atoms with Gasteiger partial charge in [-0.1, -0.05) is 13.3 Å². The predicted octanol–water partition coefficient (Wildman–Crippen LogP) is 1.86. The molecule has 0 bridgehead atoms. The van der Waals surface area contributed by atoms with Gasteiger partial charge >= 0.3 is 5.69 Å². The SMILES string of the molecule is CCCCc1cc2cnc(=O)[nH]c2o1. The van der Waals surface area contributed by atoms with Gasteiger partial charge in [-0.2, -0.15) is 0 Å². The van der Waals surface area contributed by atoms with Crippen molar-refractivity contribution in [3.05, 3.63) is 28.5 Å². The van der Waals surface area contributed by atoms with Crippen LogP contribution in [0.3, 0.4) is 0 Å². The second kappa shape index (κ2) is 3.65. The molecule has 0 unspecified atom stereocenters. The average Bonchev–Trinajstić information content (AvgIpc) is 2.56. The van der Waals surface area contributed by atoms with Crippen molar-refractivity contribution in [1.82, 2.24) is 9.97 Å². The van der Waals surface area contributed by atoms with Crippen LogP contribution in [-0.2, 0) is 6.42 Å². The molecule has 0 amide bonds. The van der Waals surface area contributed by atoms with E-state index >= 15 is 0 Å². The van der Waals surface area contributed by atoms with Crippen molar-refractivity contribution < 1.29 is 4.42 Å².